The van der Waals surface area contributed by atoms with Crippen LogP contribution in [0, 0.1) is 46.3 Å². The van der Waals surface area contributed by atoms with E-state index in [0.29, 0.717) is 11.2 Å². The van der Waals surface area contributed by atoms with Crippen LogP contribution in [0.2, 0.25) is 0 Å². The molecule has 0 spiro atoms. The largest absolute Gasteiger partial charge is 0.459 e. The Bertz CT molecular complexity index is 1320. The van der Waals surface area contributed by atoms with E-state index >= 15 is 0 Å². The van der Waals surface area contributed by atoms with Crippen molar-refractivity contribution in [1.82, 2.24) is 0 Å². The quantitative estimate of drug-likeness (QED) is 0.168. The van der Waals surface area contributed by atoms with Crippen LogP contribution in [0.1, 0.15) is 111 Å². The number of carbonyl (C=O) groups is 1. The van der Waals surface area contributed by atoms with E-state index in [1.165, 1.54) is 57.4 Å². The van der Waals surface area contributed by atoms with E-state index in [9.17, 15) is 4.79 Å². The number of hydrogen-bond donors (Lipinski definition) is 0. The number of esters is 1. The normalized spacial score (nSPS) is 34.4. The lowest BCUT2D eigenvalue weighted by atomic mass is 9.47. The van der Waals surface area contributed by atoms with Crippen LogP contribution in [0.25, 0.3) is 17.4 Å². The fourth-order valence-corrected chi connectivity index (χ4v) is 10.3. The Morgan fingerprint density at radius 1 is 0.977 bits per heavy atom. The Hall–Kier alpha value is -2.55. The molecule has 4 aliphatic carbocycles. The van der Waals surface area contributed by atoms with Gasteiger partial charge in [-0.1, -0.05) is 95.9 Å². The van der Waals surface area contributed by atoms with Gasteiger partial charge in [0.1, 0.15) is 17.6 Å². The fraction of sp³-hybridized carbons (Fsp3) is 0.625. The summed E-state index contributed by atoms with van der Waals surface area (Å²) in [5.41, 5.74) is 3.39. The van der Waals surface area contributed by atoms with Crippen LogP contribution in [0.3, 0.4) is 0 Å². The third-order valence-electron chi connectivity index (χ3n) is 12.6. The molecule has 1 heterocycles. The molecular formula is C40H54O3. The smallest absolute Gasteiger partial charge is 0.331 e. The SMILES string of the molecule is CC(C)CCCC(C)C1CCC2C3CC=C4CC(OC(=O)/C=C/c5ccc(-c6ccccc6)o5)CCC4(C)C3CCC12C. The van der Waals surface area contributed by atoms with Crippen molar-refractivity contribution in [1.29, 1.82) is 0 Å². The Balaban J connectivity index is 1.06. The van der Waals surface area contributed by atoms with Crippen molar-refractivity contribution in [2.75, 3.05) is 0 Å². The number of benzene rings is 1. The van der Waals surface area contributed by atoms with Crippen LogP contribution in [-0.4, -0.2) is 12.1 Å². The first-order valence-corrected chi connectivity index (χ1v) is 17.4. The lowest BCUT2D eigenvalue weighted by Gasteiger charge is -2.58. The van der Waals surface area contributed by atoms with Crippen molar-refractivity contribution in [3.63, 3.8) is 0 Å². The standard InChI is InChI=1S/C40H54O3/c1-27(2)10-9-11-28(3)34-18-19-35-33-17-14-30-26-32(22-24-39(30,4)36(33)23-25-40(34,35)5)43-38(41)21-16-31-15-20-37(42-31)29-12-7-6-8-13-29/h6-8,12-16,20-21,27-28,32-36H,9-11,17-19,22-26H2,1-5H3/b21-16+. The number of furan rings is 1. The van der Waals surface area contributed by atoms with Crippen molar-refractivity contribution < 1.29 is 13.9 Å². The zero-order chi connectivity index (χ0) is 30.2. The van der Waals surface area contributed by atoms with Crippen LogP contribution in [0.15, 0.2) is 64.6 Å². The molecule has 1 aromatic carbocycles. The predicted octanol–water partition coefficient (Wildman–Crippen LogP) is 10.9. The van der Waals surface area contributed by atoms with Gasteiger partial charge in [0, 0.05) is 18.1 Å². The third-order valence-corrected chi connectivity index (χ3v) is 12.6. The molecule has 0 radical (unpaired) electrons. The maximum atomic E-state index is 12.8. The minimum absolute atomic E-state index is 0.0269. The highest BCUT2D eigenvalue weighted by Gasteiger charge is 2.59. The van der Waals surface area contributed by atoms with Crippen molar-refractivity contribution in [2.24, 2.45) is 46.3 Å². The molecule has 0 N–H and O–H groups in total. The van der Waals surface area contributed by atoms with Crippen LogP contribution in [-0.2, 0) is 9.53 Å². The van der Waals surface area contributed by atoms with Crippen LogP contribution in [0.4, 0.5) is 0 Å². The monoisotopic (exact) mass is 582 g/mol. The Kier molecular flexibility index (Phi) is 8.82. The second kappa shape index (κ2) is 12.4. The maximum Gasteiger partial charge on any atom is 0.331 e. The topological polar surface area (TPSA) is 39.4 Å². The highest BCUT2D eigenvalue weighted by molar-refractivity contribution is 5.86. The molecule has 8 unspecified atom stereocenters. The van der Waals surface area contributed by atoms with Gasteiger partial charge in [0.25, 0.3) is 0 Å². The minimum Gasteiger partial charge on any atom is -0.459 e. The van der Waals surface area contributed by atoms with Gasteiger partial charge in [-0.15, -0.1) is 0 Å². The summed E-state index contributed by atoms with van der Waals surface area (Å²) in [7, 11) is 0. The number of hydrogen-bond acceptors (Lipinski definition) is 3. The predicted molar refractivity (Wildman–Crippen MR) is 176 cm³/mol. The van der Waals surface area contributed by atoms with Gasteiger partial charge >= 0.3 is 5.97 Å². The maximum absolute atomic E-state index is 12.8. The summed E-state index contributed by atoms with van der Waals surface area (Å²) in [6.07, 6.45) is 19.9. The molecule has 1 aromatic heterocycles. The lowest BCUT2D eigenvalue weighted by Crippen LogP contribution is -2.51. The third kappa shape index (κ3) is 6.07. The molecule has 3 nitrogen and oxygen atoms in total. The molecule has 6 rings (SSSR count). The van der Waals surface area contributed by atoms with Crippen molar-refractivity contribution in [2.45, 2.75) is 111 Å². The lowest BCUT2D eigenvalue weighted by molar-refractivity contribution is -0.145. The van der Waals surface area contributed by atoms with E-state index in [0.717, 1.165) is 66.1 Å². The van der Waals surface area contributed by atoms with E-state index in [-0.39, 0.29) is 17.5 Å². The summed E-state index contributed by atoms with van der Waals surface area (Å²) in [4.78, 5) is 12.8. The van der Waals surface area contributed by atoms with Gasteiger partial charge < -0.3 is 9.15 Å². The van der Waals surface area contributed by atoms with E-state index < -0.39 is 0 Å². The molecule has 0 amide bonds. The molecule has 3 heteroatoms. The number of fused-ring (bicyclic) bond motifs is 5. The van der Waals surface area contributed by atoms with E-state index in [4.69, 9.17) is 9.15 Å². The second-order valence-corrected chi connectivity index (χ2v) is 15.5. The van der Waals surface area contributed by atoms with Gasteiger partial charge in [-0.25, -0.2) is 4.79 Å². The van der Waals surface area contributed by atoms with E-state index in [1.807, 2.05) is 42.5 Å². The van der Waals surface area contributed by atoms with Crippen LogP contribution in [0.5, 0.6) is 0 Å². The molecule has 3 saturated carbocycles. The van der Waals surface area contributed by atoms with Gasteiger partial charge in [-0.05, 0) is 109 Å². The summed E-state index contributed by atoms with van der Waals surface area (Å²) in [6.45, 7) is 12.5. The van der Waals surface area contributed by atoms with Gasteiger partial charge in [0.05, 0.1) is 0 Å². The number of carbonyl (C=O) groups excluding carboxylic acids is 1. The molecule has 4 aliphatic rings. The molecule has 8 atom stereocenters. The Labute approximate surface area is 260 Å². The Morgan fingerprint density at radius 2 is 1.79 bits per heavy atom. The van der Waals surface area contributed by atoms with Crippen molar-refractivity contribution in [3.05, 3.63) is 65.9 Å². The van der Waals surface area contributed by atoms with Gasteiger partial charge in [0.15, 0.2) is 0 Å². The zero-order valence-electron chi connectivity index (χ0n) is 27.3. The van der Waals surface area contributed by atoms with Crippen molar-refractivity contribution in [3.8, 4) is 11.3 Å². The fourth-order valence-electron chi connectivity index (χ4n) is 10.3. The summed E-state index contributed by atoms with van der Waals surface area (Å²) < 4.78 is 11.9. The average molecular weight is 583 g/mol. The molecular weight excluding hydrogens is 528 g/mol. The molecule has 3 fully saturated rings. The van der Waals surface area contributed by atoms with Crippen LogP contribution >= 0.6 is 0 Å². The number of rotatable bonds is 9. The average Bonchev–Trinajstić information content (AvgIpc) is 3.61. The first kappa shape index (κ1) is 30.5. The summed E-state index contributed by atoms with van der Waals surface area (Å²) in [5.74, 6) is 6.27. The van der Waals surface area contributed by atoms with Gasteiger partial charge in [-0.3, -0.25) is 0 Å². The Morgan fingerprint density at radius 3 is 2.58 bits per heavy atom. The molecule has 232 valence electrons. The molecule has 0 saturated heterocycles. The zero-order valence-corrected chi connectivity index (χ0v) is 27.3. The summed E-state index contributed by atoms with van der Waals surface area (Å²) in [6, 6.07) is 13.9. The summed E-state index contributed by atoms with van der Waals surface area (Å²) in [5, 5.41) is 0. The summed E-state index contributed by atoms with van der Waals surface area (Å²) >= 11 is 0. The van der Waals surface area contributed by atoms with Gasteiger partial charge in [0.2, 0.25) is 0 Å². The highest BCUT2D eigenvalue weighted by atomic mass is 16.5. The highest BCUT2D eigenvalue weighted by Crippen LogP contribution is 2.67. The van der Waals surface area contributed by atoms with E-state index in [1.54, 1.807) is 11.6 Å². The molecule has 0 aliphatic heterocycles. The van der Waals surface area contributed by atoms with E-state index in [2.05, 4.69) is 40.7 Å². The molecule has 2 aromatic rings. The molecule has 43 heavy (non-hydrogen) atoms. The van der Waals surface area contributed by atoms with Crippen molar-refractivity contribution >= 4 is 12.0 Å². The number of allylic oxidation sites excluding steroid dienone is 1. The van der Waals surface area contributed by atoms with Crippen LogP contribution < -0.4 is 0 Å². The first-order chi connectivity index (χ1) is 20.7. The number of ether oxygens (including phenoxy) is 1. The molecule has 0 bridgehead atoms. The van der Waals surface area contributed by atoms with Gasteiger partial charge in [-0.2, -0.15) is 0 Å². The minimum atomic E-state index is -0.270. The second-order valence-electron chi connectivity index (χ2n) is 15.5. The first-order valence-electron chi connectivity index (χ1n) is 17.4.